The van der Waals surface area contributed by atoms with Crippen molar-refractivity contribution < 1.29 is 88.0 Å². The third-order valence-electron chi connectivity index (χ3n) is 10.5. The first-order chi connectivity index (χ1) is 31.1. The van der Waals surface area contributed by atoms with Crippen LogP contribution in [0.1, 0.15) is 58.5 Å². The number of hydrogen-bond donors (Lipinski definition) is 4. The number of aromatic nitrogens is 6. The molecule has 4 N–H and O–H groups in total. The van der Waals surface area contributed by atoms with Crippen LogP contribution in [0, 0.1) is 0 Å². The number of carbonyl (C=O) groups is 2. The molecule has 4 aromatic heterocycles. The molecule has 0 radical (unpaired) electrons. The maximum atomic E-state index is 11.3. The molecule has 4 heterocycles. The van der Waals surface area contributed by atoms with Crippen LogP contribution in [-0.4, -0.2) is 54.3 Å². The minimum atomic E-state index is -1.26. The number of nitrogens with zero attached hydrogens (tertiary/aromatic N) is 4. The van der Waals surface area contributed by atoms with Crippen LogP contribution in [0.15, 0.2) is 152 Å². The summed E-state index contributed by atoms with van der Waals surface area (Å²) in [6, 6.07) is 37.5. The van der Waals surface area contributed by atoms with Gasteiger partial charge in [0, 0.05) is 46.7 Å². The van der Waals surface area contributed by atoms with Crippen molar-refractivity contribution in [1.29, 1.82) is 0 Å². The quantitative estimate of drug-likeness (QED) is 0.0917. The molecule has 324 valence electrons. The summed E-state index contributed by atoms with van der Waals surface area (Å²) in [7, 11) is 0. The fraction of sp³-hybridized carbons (Fsp3) is 0.167. The van der Waals surface area contributed by atoms with Crippen molar-refractivity contribution >= 4 is 23.6 Å². The molecule has 16 nitrogen and oxygen atoms in total. The maximum absolute atomic E-state index is 11.3. The van der Waals surface area contributed by atoms with Gasteiger partial charge in [-0.2, -0.15) is 0 Å². The van der Waals surface area contributed by atoms with Gasteiger partial charge >= 0.3 is 70.6 Å². The van der Waals surface area contributed by atoms with E-state index < -0.39 is 23.5 Å². The van der Waals surface area contributed by atoms with Crippen LogP contribution in [0.2, 0.25) is 0 Å². The first-order valence-electron chi connectivity index (χ1n) is 20.4. The van der Waals surface area contributed by atoms with E-state index in [0.717, 1.165) is 57.3 Å². The van der Waals surface area contributed by atoms with E-state index in [1.54, 1.807) is 24.5 Å². The predicted molar refractivity (Wildman–Crippen MR) is 236 cm³/mol. The van der Waals surface area contributed by atoms with Crippen molar-refractivity contribution in [3.8, 4) is 45.0 Å². The van der Waals surface area contributed by atoms with Crippen LogP contribution < -0.4 is 91.5 Å². The van der Waals surface area contributed by atoms with Crippen molar-refractivity contribution in [2.45, 2.75) is 51.6 Å². The van der Waals surface area contributed by atoms with Gasteiger partial charge in [-0.05, 0) is 83.3 Å². The van der Waals surface area contributed by atoms with Gasteiger partial charge in [0.05, 0.1) is 11.9 Å². The topological polar surface area (TPSA) is 248 Å². The number of anilines is 2. The molecule has 8 rings (SSSR count). The van der Waals surface area contributed by atoms with Crippen LogP contribution in [0.3, 0.4) is 0 Å². The molecule has 0 aliphatic rings. The summed E-state index contributed by atoms with van der Waals surface area (Å²) in [6.07, 6.45) is 6.06. The van der Waals surface area contributed by atoms with Crippen molar-refractivity contribution in [1.82, 2.24) is 30.2 Å². The zero-order valence-corrected chi connectivity index (χ0v) is 40.7. The molecular formula is C48H42N8Na2O8. The molecule has 8 aromatic rings. The average Bonchev–Trinajstić information content (AvgIpc) is 3.97. The Kier molecular flexibility index (Phi) is 18.6. The number of rotatable bonds is 16. The summed E-state index contributed by atoms with van der Waals surface area (Å²) in [4.78, 5) is 58.8. The molecule has 0 amide bonds. The number of carboxylic acids is 2. The van der Waals surface area contributed by atoms with Gasteiger partial charge in [0.1, 0.15) is 11.6 Å². The molecule has 0 aliphatic carbocycles. The molecule has 4 aromatic carbocycles. The second kappa shape index (κ2) is 24.2. The van der Waals surface area contributed by atoms with Gasteiger partial charge in [-0.3, -0.25) is 19.0 Å². The fourth-order valence-electron chi connectivity index (χ4n) is 7.14. The van der Waals surface area contributed by atoms with Crippen LogP contribution in [0.5, 0.6) is 0 Å². The van der Waals surface area contributed by atoms with Crippen LogP contribution in [0.4, 0.5) is 11.6 Å². The fourth-order valence-corrected chi connectivity index (χ4v) is 7.14. The predicted octanol–water partition coefficient (Wildman–Crippen LogP) is -0.215. The van der Waals surface area contributed by atoms with Crippen molar-refractivity contribution in [2.75, 3.05) is 10.6 Å². The van der Waals surface area contributed by atoms with E-state index in [9.17, 15) is 29.4 Å². The Bertz CT molecular complexity index is 2770. The molecule has 18 heteroatoms. The van der Waals surface area contributed by atoms with E-state index >= 15 is 0 Å². The molecule has 0 bridgehead atoms. The van der Waals surface area contributed by atoms with Gasteiger partial charge in [0.15, 0.2) is 11.6 Å². The maximum Gasteiger partial charge on any atom is 1.00 e. The van der Waals surface area contributed by atoms with Crippen LogP contribution in [0.25, 0.3) is 45.0 Å². The molecule has 0 saturated heterocycles. The Morgan fingerprint density at radius 1 is 0.545 bits per heavy atom. The normalized spacial score (nSPS) is 11.4. The van der Waals surface area contributed by atoms with Crippen molar-refractivity contribution in [3.63, 3.8) is 0 Å². The Labute approximate surface area is 422 Å². The first-order valence-corrected chi connectivity index (χ1v) is 20.4. The van der Waals surface area contributed by atoms with Gasteiger partial charge in [-0.15, -0.1) is 0 Å². The summed E-state index contributed by atoms with van der Waals surface area (Å²) in [5.41, 5.74) is 7.58. The SMILES string of the molecule is CCC(Cc1ccc(-c2ccccc2-c2noc(=O)[nH]2)cc1)Nc1ncccc1C(=O)[O-].CCC(Cc1ccc(-c2ccccc2-c2noc(=O)[nH]2)cc1)Nc1ncccc1C(=O)[O-].[Na+].[Na+]. The van der Waals surface area contributed by atoms with Gasteiger partial charge in [-0.1, -0.05) is 121 Å². The third-order valence-corrected chi connectivity index (χ3v) is 10.5. The van der Waals surface area contributed by atoms with E-state index in [0.29, 0.717) is 36.1 Å². The summed E-state index contributed by atoms with van der Waals surface area (Å²) in [5.74, 6) is -2.33. The summed E-state index contributed by atoms with van der Waals surface area (Å²) >= 11 is 0. The number of nitrogens with one attached hydrogen (secondary N) is 4. The molecule has 2 unspecified atom stereocenters. The van der Waals surface area contributed by atoms with Crippen molar-refractivity contribution in [3.05, 3.63) is 177 Å². The molecule has 0 aliphatic heterocycles. The minimum absolute atomic E-state index is 0. The molecule has 0 spiro atoms. The van der Waals surface area contributed by atoms with E-state index in [-0.39, 0.29) is 82.3 Å². The third kappa shape index (κ3) is 12.9. The van der Waals surface area contributed by atoms with E-state index in [4.69, 9.17) is 0 Å². The standard InChI is InChI=1S/2C24H22N4O4.2Na/c2*1-2-17(26-21-20(23(29)30)8-5-13-25-21)14-15-9-11-16(12-10-15)18-6-3-4-7-19(18)22-27-24(31)32-28-22;;/h2*3-13,17H,2,14H2,1H3,(H,25,26)(H,29,30)(H,27,28,31);;/q;;2*+1/p-2. The van der Waals surface area contributed by atoms with E-state index in [1.165, 1.54) is 12.1 Å². The summed E-state index contributed by atoms with van der Waals surface area (Å²) < 4.78 is 9.29. The molecule has 66 heavy (non-hydrogen) atoms. The largest absolute Gasteiger partial charge is 1.00 e. The number of aromatic carboxylic acids is 2. The number of carboxylic acid groups (broad SMARTS) is 2. The smallest absolute Gasteiger partial charge is 0.545 e. The Morgan fingerprint density at radius 3 is 1.23 bits per heavy atom. The second-order valence-electron chi connectivity index (χ2n) is 14.7. The average molecular weight is 905 g/mol. The zero-order valence-electron chi connectivity index (χ0n) is 36.7. The monoisotopic (exact) mass is 904 g/mol. The van der Waals surface area contributed by atoms with Crippen LogP contribution in [-0.2, 0) is 12.8 Å². The molecular weight excluding hydrogens is 863 g/mol. The number of H-pyrrole nitrogens is 2. The number of pyridine rings is 2. The van der Waals surface area contributed by atoms with Crippen LogP contribution >= 0.6 is 0 Å². The number of aromatic amines is 2. The first kappa shape index (κ1) is 50.6. The Balaban J connectivity index is 0.000000240. The zero-order chi connectivity index (χ0) is 45.0. The second-order valence-corrected chi connectivity index (χ2v) is 14.7. The summed E-state index contributed by atoms with van der Waals surface area (Å²) in [5, 5.41) is 36.7. The Morgan fingerprint density at radius 2 is 0.909 bits per heavy atom. The molecule has 0 saturated carbocycles. The number of hydrogen-bond acceptors (Lipinski definition) is 14. The van der Waals surface area contributed by atoms with Gasteiger partial charge in [0.25, 0.3) is 0 Å². The summed E-state index contributed by atoms with van der Waals surface area (Å²) in [6.45, 7) is 4.06. The van der Waals surface area contributed by atoms with Crippen molar-refractivity contribution in [2.24, 2.45) is 0 Å². The van der Waals surface area contributed by atoms with Gasteiger partial charge in [0.2, 0.25) is 0 Å². The number of carbonyl (C=O) groups excluding carboxylic acids is 2. The Hall–Kier alpha value is -6.40. The van der Waals surface area contributed by atoms with Gasteiger partial charge in [-0.25, -0.2) is 19.6 Å². The molecule has 2 atom stereocenters. The number of benzene rings is 4. The minimum Gasteiger partial charge on any atom is -0.545 e. The molecule has 0 fully saturated rings. The van der Waals surface area contributed by atoms with Gasteiger partial charge < -0.3 is 30.4 Å². The van der Waals surface area contributed by atoms with E-state index in [1.807, 2.05) is 111 Å². The van der Waals surface area contributed by atoms with E-state index in [2.05, 4.69) is 49.9 Å².